The summed E-state index contributed by atoms with van der Waals surface area (Å²) in [5.41, 5.74) is 2.46. The molecule has 28 heavy (non-hydrogen) atoms. The van der Waals surface area contributed by atoms with Crippen LogP contribution in [-0.4, -0.2) is 33.0 Å². The number of halogens is 3. The van der Waals surface area contributed by atoms with Crippen LogP contribution < -0.4 is 0 Å². The largest absolute Gasteiger partial charge is 0.471 e. The molecule has 4 rings (SSSR count). The molecular weight excluding hydrogens is 377 g/mol. The molecule has 146 valence electrons. The first-order chi connectivity index (χ1) is 13.3. The number of carbonyl (C=O) groups excluding carboxylic acids is 1. The summed E-state index contributed by atoms with van der Waals surface area (Å²) in [5.74, 6) is -1.65. The second kappa shape index (κ2) is 6.77. The summed E-state index contributed by atoms with van der Waals surface area (Å²) in [6.45, 7) is 0.400. The lowest BCUT2D eigenvalue weighted by Crippen LogP contribution is -2.04. The van der Waals surface area contributed by atoms with Crippen LogP contribution in [0.5, 0.6) is 0 Å². The van der Waals surface area contributed by atoms with Crippen molar-refractivity contribution in [1.82, 2.24) is 19.9 Å². The van der Waals surface area contributed by atoms with Crippen LogP contribution in [0.15, 0.2) is 35.0 Å². The smallest absolute Gasteiger partial charge is 0.465 e. The number of rotatable bonds is 5. The zero-order chi connectivity index (χ0) is 19.9. The second-order valence-corrected chi connectivity index (χ2v) is 6.51. The monoisotopic (exact) mass is 392 g/mol. The van der Waals surface area contributed by atoms with Gasteiger partial charge in [0.05, 0.1) is 19.3 Å². The molecule has 1 fully saturated rings. The standard InChI is InChI=1S/C18H15F3N4O3/c1-27-16(26)13-9-25(23-14(13)11-6-7-11)8-10-2-4-12(5-3-10)15-22-17(28-24-15)18(19,20)21/h2-5,9,11H,6-8H2,1H3. The number of carbonyl (C=O) groups is 1. The van der Waals surface area contributed by atoms with Crippen molar-refractivity contribution < 1.29 is 27.2 Å². The van der Waals surface area contributed by atoms with E-state index in [-0.39, 0.29) is 5.82 Å². The number of aromatic nitrogens is 4. The molecular formula is C18H15F3N4O3. The Morgan fingerprint density at radius 1 is 1.29 bits per heavy atom. The summed E-state index contributed by atoms with van der Waals surface area (Å²) in [4.78, 5) is 15.3. The van der Waals surface area contributed by atoms with Crippen molar-refractivity contribution in [1.29, 1.82) is 0 Å². The van der Waals surface area contributed by atoms with Gasteiger partial charge in [0.1, 0.15) is 5.56 Å². The van der Waals surface area contributed by atoms with E-state index in [0.29, 0.717) is 23.6 Å². The van der Waals surface area contributed by atoms with Gasteiger partial charge in [-0.15, -0.1) is 0 Å². The van der Waals surface area contributed by atoms with Crippen LogP contribution in [0.1, 0.15) is 46.3 Å². The highest BCUT2D eigenvalue weighted by molar-refractivity contribution is 5.90. The highest BCUT2D eigenvalue weighted by Gasteiger charge is 2.38. The van der Waals surface area contributed by atoms with Crippen LogP contribution in [0, 0.1) is 0 Å². The van der Waals surface area contributed by atoms with Gasteiger partial charge in [0, 0.05) is 17.7 Å². The Hall–Kier alpha value is -3.17. The number of alkyl halides is 3. The lowest BCUT2D eigenvalue weighted by atomic mass is 10.1. The summed E-state index contributed by atoms with van der Waals surface area (Å²) < 4.78 is 48.4. The van der Waals surface area contributed by atoms with Crippen molar-refractivity contribution in [2.24, 2.45) is 0 Å². The van der Waals surface area contributed by atoms with Gasteiger partial charge >= 0.3 is 18.0 Å². The van der Waals surface area contributed by atoms with Crippen LogP contribution in [0.4, 0.5) is 13.2 Å². The summed E-state index contributed by atoms with van der Waals surface area (Å²) in [5, 5.41) is 7.86. The first-order valence-electron chi connectivity index (χ1n) is 8.51. The fraction of sp³-hybridized carbons (Fsp3) is 0.333. The van der Waals surface area contributed by atoms with E-state index in [1.807, 2.05) is 0 Å². The predicted octanol–water partition coefficient (Wildman–Crippen LogP) is 3.66. The van der Waals surface area contributed by atoms with Gasteiger partial charge in [-0.25, -0.2) is 4.79 Å². The molecule has 2 heterocycles. The van der Waals surface area contributed by atoms with Gasteiger partial charge in [0.15, 0.2) is 0 Å². The van der Waals surface area contributed by atoms with E-state index in [9.17, 15) is 18.0 Å². The van der Waals surface area contributed by atoms with Crippen molar-refractivity contribution in [3.63, 3.8) is 0 Å². The molecule has 3 aromatic rings. The topological polar surface area (TPSA) is 83.0 Å². The molecule has 1 saturated carbocycles. The Kier molecular flexibility index (Phi) is 4.40. The molecule has 0 N–H and O–H groups in total. The molecule has 2 aromatic heterocycles. The Morgan fingerprint density at radius 3 is 2.57 bits per heavy atom. The van der Waals surface area contributed by atoms with Gasteiger partial charge in [0.2, 0.25) is 5.82 Å². The molecule has 0 amide bonds. The maximum atomic E-state index is 12.6. The zero-order valence-corrected chi connectivity index (χ0v) is 14.7. The molecule has 0 bridgehead atoms. The molecule has 0 radical (unpaired) electrons. The van der Waals surface area contributed by atoms with E-state index < -0.39 is 18.0 Å². The van der Waals surface area contributed by atoms with Gasteiger partial charge in [-0.1, -0.05) is 29.4 Å². The highest BCUT2D eigenvalue weighted by Crippen LogP contribution is 2.41. The van der Waals surface area contributed by atoms with Crippen molar-refractivity contribution in [2.45, 2.75) is 31.5 Å². The molecule has 0 aliphatic heterocycles. The van der Waals surface area contributed by atoms with Crippen LogP contribution in [0.25, 0.3) is 11.4 Å². The minimum Gasteiger partial charge on any atom is -0.465 e. The maximum absolute atomic E-state index is 12.6. The summed E-state index contributed by atoms with van der Waals surface area (Å²) >= 11 is 0. The SMILES string of the molecule is COC(=O)c1cn(Cc2ccc(-c3noc(C(F)(F)F)n3)cc2)nc1C1CC1. The van der Waals surface area contributed by atoms with Crippen LogP contribution in [-0.2, 0) is 17.5 Å². The fourth-order valence-electron chi connectivity index (χ4n) is 2.84. The third kappa shape index (κ3) is 3.62. The van der Waals surface area contributed by atoms with E-state index in [4.69, 9.17) is 4.74 Å². The van der Waals surface area contributed by atoms with Gasteiger partial charge in [-0.05, 0) is 18.4 Å². The number of nitrogens with zero attached hydrogens (tertiary/aromatic N) is 4. The third-order valence-electron chi connectivity index (χ3n) is 4.38. The predicted molar refractivity (Wildman–Crippen MR) is 89.4 cm³/mol. The Bertz CT molecular complexity index is 1000. The average Bonchev–Trinajstić information content (AvgIpc) is 3.22. The van der Waals surface area contributed by atoms with Crippen molar-refractivity contribution in [3.05, 3.63) is 53.2 Å². The lowest BCUT2D eigenvalue weighted by Gasteiger charge is -2.03. The molecule has 7 nitrogen and oxygen atoms in total. The minimum absolute atomic E-state index is 0.137. The molecule has 0 unspecified atom stereocenters. The summed E-state index contributed by atoms with van der Waals surface area (Å²) in [7, 11) is 1.33. The molecule has 0 atom stereocenters. The quantitative estimate of drug-likeness (QED) is 0.616. The minimum atomic E-state index is -4.68. The number of methoxy groups -OCH3 is 1. The average molecular weight is 392 g/mol. The fourth-order valence-corrected chi connectivity index (χ4v) is 2.84. The van der Waals surface area contributed by atoms with E-state index in [2.05, 4.69) is 19.8 Å². The Balaban J connectivity index is 1.52. The number of esters is 1. The summed E-state index contributed by atoms with van der Waals surface area (Å²) in [6, 6.07) is 6.67. The molecule has 1 aliphatic carbocycles. The van der Waals surface area contributed by atoms with Gasteiger partial charge < -0.3 is 9.26 Å². The van der Waals surface area contributed by atoms with Crippen molar-refractivity contribution in [2.75, 3.05) is 7.11 Å². The summed E-state index contributed by atoms with van der Waals surface area (Å²) in [6.07, 6.45) is -1.02. The van der Waals surface area contributed by atoms with E-state index >= 15 is 0 Å². The molecule has 10 heteroatoms. The number of hydrogen-bond donors (Lipinski definition) is 0. The second-order valence-electron chi connectivity index (χ2n) is 6.51. The van der Waals surface area contributed by atoms with Crippen LogP contribution in [0.2, 0.25) is 0 Å². The van der Waals surface area contributed by atoms with Gasteiger partial charge in [-0.3, -0.25) is 4.68 Å². The normalized spacial score (nSPS) is 14.3. The molecule has 0 saturated heterocycles. The first kappa shape index (κ1) is 18.2. The van der Waals surface area contributed by atoms with Gasteiger partial charge in [-0.2, -0.15) is 23.3 Å². The number of ether oxygens (including phenoxy) is 1. The first-order valence-corrected chi connectivity index (χ1v) is 8.51. The lowest BCUT2D eigenvalue weighted by molar-refractivity contribution is -0.159. The van der Waals surface area contributed by atoms with E-state index in [1.54, 1.807) is 35.1 Å². The molecule has 1 aromatic carbocycles. The molecule has 1 aliphatic rings. The Labute approximate surface area is 157 Å². The Morgan fingerprint density at radius 2 is 2.00 bits per heavy atom. The zero-order valence-electron chi connectivity index (χ0n) is 14.7. The highest BCUT2D eigenvalue weighted by atomic mass is 19.4. The maximum Gasteiger partial charge on any atom is 0.471 e. The van der Waals surface area contributed by atoms with E-state index in [0.717, 1.165) is 24.1 Å². The number of benzene rings is 1. The molecule has 0 spiro atoms. The third-order valence-corrected chi connectivity index (χ3v) is 4.38. The van der Waals surface area contributed by atoms with Crippen LogP contribution in [0.3, 0.4) is 0 Å². The van der Waals surface area contributed by atoms with Gasteiger partial charge in [0.25, 0.3) is 0 Å². The van der Waals surface area contributed by atoms with E-state index in [1.165, 1.54) is 7.11 Å². The van der Waals surface area contributed by atoms with Crippen molar-refractivity contribution in [3.8, 4) is 11.4 Å². The van der Waals surface area contributed by atoms with Crippen LogP contribution >= 0.6 is 0 Å². The number of hydrogen-bond acceptors (Lipinski definition) is 6. The van der Waals surface area contributed by atoms with Crippen molar-refractivity contribution >= 4 is 5.97 Å².